The van der Waals surface area contributed by atoms with Crippen LogP contribution in [0.2, 0.25) is 0 Å². The third-order valence-corrected chi connectivity index (χ3v) is 5.96. The van der Waals surface area contributed by atoms with Crippen molar-refractivity contribution in [1.29, 1.82) is 0 Å². The number of carbonyl (C=O) groups excluding carboxylic acids is 1. The van der Waals surface area contributed by atoms with Crippen LogP contribution in [0.5, 0.6) is 0 Å². The van der Waals surface area contributed by atoms with Crippen LogP contribution in [0.3, 0.4) is 0 Å². The lowest BCUT2D eigenvalue weighted by Gasteiger charge is -2.36. The van der Waals surface area contributed by atoms with Crippen molar-refractivity contribution in [2.45, 2.75) is 26.1 Å². The van der Waals surface area contributed by atoms with Gasteiger partial charge in [-0.25, -0.2) is 9.78 Å². The number of ether oxygens (including phenoxy) is 1. The van der Waals surface area contributed by atoms with Crippen molar-refractivity contribution in [3.8, 4) is 0 Å². The Morgan fingerprint density at radius 2 is 1.81 bits per heavy atom. The SMILES string of the molecule is CCCOC(=O)c1cccnc1N1CCN(Cc2cccc(Nc3ccccc3C(F)(F)F)c2)CC1. The second kappa shape index (κ2) is 11.4. The smallest absolute Gasteiger partial charge is 0.418 e. The summed E-state index contributed by atoms with van der Waals surface area (Å²) in [4.78, 5) is 21.2. The molecule has 1 aliphatic rings. The van der Waals surface area contributed by atoms with Gasteiger partial charge in [0.25, 0.3) is 0 Å². The van der Waals surface area contributed by atoms with Crippen LogP contribution in [0.4, 0.5) is 30.4 Å². The topological polar surface area (TPSA) is 57.7 Å². The van der Waals surface area contributed by atoms with Gasteiger partial charge in [0.05, 0.1) is 17.9 Å². The molecular weight excluding hydrogens is 469 g/mol. The van der Waals surface area contributed by atoms with Crippen LogP contribution in [-0.2, 0) is 17.5 Å². The highest BCUT2D eigenvalue weighted by atomic mass is 19.4. The summed E-state index contributed by atoms with van der Waals surface area (Å²) in [6, 6.07) is 16.4. The molecule has 2 aromatic carbocycles. The Kier molecular flexibility index (Phi) is 8.10. The predicted octanol–water partition coefficient (Wildman–Crippen LogP) is 5.73. The van der Waals surface area contributed by atoms with Crippen molar-refractivity contribution < 1.29 is 22.7 Å². The van der Waals surface area contributed by atoms with Crippen molar-refractivity contribution in [3.05, 3.63) is 83.6 Å². The van der Waals surface area contributed by atoms with Gasteiger partial charge in [-0.2, -0.15) is 13.2 Å². The highest BCUT2D eigenvalue weighted by molar-refractivity contribution is 5.94. The maximum atomic E-state index is 13.3. The molecule has 0 bridgehead atoms. The van der Waals surface area contributed by atoms with Gasteiger partial charge in [0.1, 0.15) is 11.4 Å². The fraction of sp³-hybridized carbons (Fsp3) is 0.333. The van der Waals surface area contributed by atoms with Gasteiger partial charge in [-0.15, -0.1) is 0 Å². The van der Waals surface area contributed by atoms with Crippen molar-refractivity contribution >= 4 is 23.2 Å². The van der Waals surface area contributed by atoms with Crippen molar-refractivity contribution in [2.24, 2.45) is 0 Å². The standard InChI is InChI=1S/C27H29F3N4O2/c1-2-17-36-26(35)22-9-6-12-31-25(22)34-15-13-33(14-16-34)19-20-7-5-8-21(18-20)32-24-11-4-3-10-23(24)27(28,29)30/h3-12,18,32H,2,13-17,19H2,1H3. The molecule has 6 nitrogen and oxygen atoms in total. The molecule has 1 saturated heterocycles. The summed E-state index contributed by atoms with van der Waals surface area (Å²) in [7, 11) is 0. The van der Waals surface area contributed by atoms with E-state index in [9.17, 15) is 18.0 Å². The molecule has 0 unspecified atom stereocenters. The van der Waals surface area contributed by atoms with Gasteiger partial charge in [-0.3, -0.25) is 4.90 Å². The molecular formula is C27H29F3N4O2. The third-order valence-electron chi connectivity index (χ3n) is 5.96. The Labute approximate surface area is 208 Å². The van der Waals surface area contributed by atoms with Gasteiger partial charge in [-0.1, -0.05) is 31.2 Å². The monoisotopic (exact) mass is 498 g/mol. The molecule has 1 N–H and O–H groups in total. The quantitative estimate of drug-likeness (QED) is 0.400. The molecule has 190 valence electrons. The Morgan fingerprint density at radius 1 is 1.03 bits per heavy atom. The van der Waals surface area contributed by atoms with E-state index in [2.05, 4.69) is 20.1 Å². The van der Waals surface area contributed by atoms with E-state index in [1.165, 1.54) is 12.1 Å². The van der Waals surface area contributed by atoms with E-state index < -0.39 is 11.7 Å². The van der Waals surface area contributed by atoms with Crippen molar-refractivity contribution in [1.82, 2.24) is 9.88 Å². The number of nitrogens with zero attached hydrogens (tertiary/aromatic N) is 3. The number of hydrogen-bond acceptors (Lipinski definition) is 6. The number of carbonyl (C=O) groups is 1. The molecule has 3 aromatic rings. The number of aromatic nitrogens is 1. The Bertz CT molecular complexity index is 1180. The van der Waals surface area contributed by atoms with Crippen LogP contribution in [0, 0.1) is 0 Å². The number of hydrogen-bond donors (Lipinski definition) is 1. The summed E-state index contributed by atoms with van der Waals surface area (Å²) in [6.45, 7) is 5.89. The average Bonchev–Trinajstić information content (AvgIpc) is 2.88. The third kappa shape index (κ3) is 6.34. The van der Waals surface area contributed by atoms with Crippen LogP contribution in [0.1, 0.15) is 34.8 Å². The highest BCUT2D eigenvalue weighted by Crippen LogP contribution is 2.36. The van der Waals surface area contributed by atoms with E-state index in [0.717, 1.165) is 31.1 Å². The zero-order valence-electron chi connectivity index (χ0n) is 20.1. The van der Waals surface area contributed by atoms with Crippen LogP contribution in [0.25, 0.3) is 0 Å². The molecule has 9 heteroatoms. The van der Waals surface area contributed by atoms with E-state index in [0.29, 0.717) is 43.3 Å². The lowest BCUT2D eigenvalue weighted by Crippen LogP contribution is -2.46. The van der Waals surface area contributed by atoms with Crippen LogP contribution in [0.15, 0.2) is 66.9 Å². The molecule has 0 amide bonds. The average molecular weight is 499 g/mol. The fourth-order valence-corrected chi connectivity index (χ4v) is 4.20. The number of nitrogens with one attached hydrogen (secondary N) is 1. The zero-order valence-corrected chi connectivity index (χ0v) is 20.1. The number of halogens is 3. The van der Waals surface area contributed by atoms with Gasteiger partial charge in [0, 0.05) is 44.6 Å². The highest BCUT2D eigenvalue weighted by Gasteiger charge is 2.33. The molecule has 0 aliphatic carbocycles. The predicted molar refractivity (Wildman–Crippen MR) is 133 cm³/mol. The minimum Gasteiger partial charge on any atom is -0.462 e. The maximum Gasteiger partial charge on any atom is 0.418 e. The van der Waals surface area contributed by atoms with Crippen molar-refractivity contribution in [2.75, 3.05) is 43.0 Å². The summed E-state index contributed by atoms with van der Waals surface area (Å²) in [5.74, 6) is 0.270. The van der Waals surface area contributed by atoms with Gasteiger partial charge < -0.3 is 15.0 Å². The van der Waals surface area contributed by atoms with E-state index in [4.69, 9.17) is 4.74 Å². The molecule has 0 saturated carbocycles. The largest absolute Gasteiger partial charge is 0.462 e. The Morgan fingerprint density at radius 3 is 2.56 bits per heavy atom. The number of benzene rings is 2. The molecule has 0 spiro atoms. The first-order valence-electron chi connectivity index (χ1n) is 12.0. The summed E-state index contributed by atoms with van der Waals surface area (Å²) in [5, 5.41) is 2.92. The number of rotatable bonds is 8. The van der Waals surface area contributed by atoms with Gasteiger partial charge >= 0.3 is 12.1 Å². The molecule has 0 radical (unpaired) electrons. The fourth-order valence-electron chi connectivity index (χ4n) is 4.20. The number of anilines is 3. The van der Waals surface area contributed by atoms with E-state index >= 15 is 0 Å². The van der Waals surface area contributed by atoms with E-state index in [-0.39, 0.29) is 11.7 Å². The Hall–Kier alpha value is -3.59. The summed E-state index contributed by atoms with van der Waals surface area (Å²) in [5.41, 5.74) is 1.40. The molecule has 1 aromatic heterocycles. The van der Waals surface area contributed by atoms with Crippen LogP contribution in [-0.4, -0.2) is 48.6 Å². The van der Waals surface area contributed by atoms with Gasteiger partial charge in [-0.05, 0) is 48.4 Å². The number of esters is 1. The minimum absolute atomic E-state index is 0.0272. The Balaban J connectivity index is 1.38. The number of piperazine rings is 1. The molecule has 4 rings (SSSR count). The second-order valence-corrected chi connectivity index (χ2v) is 8.64. The maximum absolute atomic E-state index is 13.3. The first-order chi connectivity index (χ1) is 17.3. The second-order valence-electron chi connectivity index (χ2n) is 8.64. The number of pyridine rings is 1. The van der Waals surface area contributed by atoms with Gasteiger partial charge in [0.2, 0.25) is 0 Å². The first-order valence-corrected chi connectivity index (χ1v) is 12.0. The zero-order chi connectivity index (χ0) is 25.5. The number of para-hydroxylation sites is 1. The van der Waals surface area contributed by atoms with E-state index in [1.807, 2.05) is 25.1 Å². The van der Waals surface area contributed by atoms with Crippen LogP contribution >= 0.6 is 0 Å². The van der Waals surface area contributed by atoms with Gasteiger partial charge in [0.15, 0.2) is 0 Å². The molecule has 1 aliphatic heterocycles. The van der Waals surface area contributed by atoms with E-state index in [1.54, 1.807) is 30.5 Å². The lowest BCUT2D eigenvalue weighted by molar-refractivity contribution is -0.136. The summed E-state index contributed by atoms with van der Waals surface area (Å²) < 4.78 is 45.3. The normalized spacial score (nSPS) is 14.5. The lowest BCUT2D eigenvalue weighted by atomic mass is 10.1. The van der Waals surface area contributed by atoms with Crippen LogP contribution < -0.4 is 10.2 Å². The minimum atomic E-state index is -4.43. The molecule has 1 fully saturated rings. The molecule has 36 heavy (non-hydrogen) atoms. The first kappa shape index (κ1) is 25.5. The van der Waals surface area contributed by atoms with Crippen molar-refractivity contribution in [3.63, 3.8) is 0 Å². The summed E-state index contributed by atoms with van der Waals surface area (Å²) >= 11 is 0. The molecule has 2 heterocycles. The summed E-state index contributed by atoms with van der Waals surface area (Å²) in [6.07, 6.45) is -2.00. The molecule has 0 atom stereocenters. The number of alkyl halides is 3.